The number of aromatic hydroxyl groups is 6. The number of carboxylic acids is 3. The first-order valence-corrected chi connectivity index (χ1v) is 31.9. The number of phenols is 6. The highest BCUT2D eigenvalue weighted by Crippen LogP contribution is 2.37. The Kier molecular flexibility index (Phi) is 55.1. The predicted octanol–water partition coefficient (Wildman–Crippen LogP) is 19.2. The van der Waals surface area contributed by atoms with Crippen molar-refractivity contribution in [2.24, 2.45) is 0 Å². The molecule has 0 aliphatic heterocycles. The molecule has 83 heavy (non-hydrogen) atoms. The number of allylic oxidation sites excluding steroid dienone is 6. The zero-order valence-corrected chi connectivity index (χ0v) is 51.4. The number of ether oxygens (including phenoxy) is 1. The number of phenolic OH excluding ortho intramolecular Hbond substituents is 6. The minimum atomic E-state index is -1.27. The van der Waals surface area contributed by atoms with Crippen LogP contribution in [0.25, 0.3) is 0 Å². The van der Waals surface area contributed by atoms with Gasteiger partial charge in [-0.15, -0.1) is 0 Å². The maximum Gasteiger partial charge on any atom is 0.346 e. The summed E-state index contributed by atoms with van der Waals surface area (Å²) < 4.78 is 4.44. The molecule has 0 unspecified atom stereocenters. The van der Waals surface area contributed by atoms with Gasteiger partial charge in [0.05, 0.1) is 11.1 Å². The molecule has 9 N–H and O–H groups in total. The summed E-state index contributed by atoms with van der Waals surface area (Å²) in [7, 11) is 0. The zero-order valence-electron chi connectivity index (χ0n) is 51.4. The van der Waals surface area contributed by atoms with Gasteiger partial charge in [-0.25, -0.2) is 9.59 Å². The lowest BCUT2D eigenvalue weighted by Gasteiger charge is -2.07. The summed E-state index contributed by atoms with van der Waals surface area (Å²) in [5.41, 5.74) is -0.864. The average Bonchev–Trinajstić information content (AvgIpc) is 3.45. The Morgan fingerprint density at radius 3 is 0.675 bits per heavy atom. The van der Waals surface area contributed by atoms with Gasteiger partial charge in [-0.2, -0.15) is 0 Å². The van der Waals surface area contributed by atoms with Crippen molar-refractivity contribution in [2.75, 3.05) is 0 Å². The Morgan fingerprint density at radius 1 is 0.301 bits per heavy atom. The fourth-order valence-corrected chi connectivity index (χ4v) is 8.69. The van der Waals surface area contributed by atoms with E-state index in [1.165, 1.54) is 212 Å². The van der Waals surface area contributed by atoms with Crippen molar-refractivity contribution >= 4 is 29.8 Å². The van der Waals surface area contributed by atoms with Crippen molar-refractivity contribution in [3.63, 3.8) is 0 Å². The molecule has 0 spiro atoms. The van der Waals surface area contributed by atoms with Crippen LogP contribution in [0, 0.1) is 0 Å². The third-order valence-electron chi connectivity index (χ3n) is 13.8. The minimum Gasteiger partial charge on any atom is -0.504 e. The Morgan fingerprint density at radius 2 is 0.482 bits per heavy atom. The van der Waals surface area contributed by atoms with Crippen LogP contribution in [0.3, 0.4) is 0 Å². The van der Waals surface area contributed by atoms with E-state index in [0.29, 0.717) is 19.3 Å². The number of unbranched alkanes of at least 4 members (excludes halogenated alkanes) is 33. The highest BCUT2D eigenvalue weighted by atomic mass is 16.6. The summed E-state index contributed by atoms with van der Waals surface area (Å²) in [6.07, 6.45) is 63.7. The van der Waals surface area contributed by atoms with Crippen molar-refractivity contribution in [3.05, 3.63) is 71.8 Å². The van der Waals surface area contributed by atoms with Gasteiger partial charge >= 0.3 is 29.8 Å². The second-order valence-electron chi connectivity index (χ2n) is 21.6. The van der Waals surface area contributed by atoms with Crippen LogP contribution < -0.4 is 0 Å². The number of benzene rings is 2. The van der Waals surface area contributed by atoms with E-state index < -0.39 is 75.5 Å². The van der Waals surface area contributed by atoms with E-state index in [-0.39, 0.29) is 0 Å². The predicted molar refractivity (Wildman–Crippen MR) is 334 cm³/mol. The van der Waals surface area contributed by atoms with Crippen molar-refractivity contribution in [1.29, 1.82) is 0 Å². The monoisotopic (exact) mass is 1170 g/mol. The first-order valence-electron chi connectivity index (χ1n) is 31.9. The number of esters is 2. The van der Waals surface area contributed by atoms with Crippen LogP contribution in [-0.4, -0.2) is 75.8 Å². The van der Waals surface area contributed by atoms with Crippen LogP contribution in [0.4, 0.5) is 0 Å². The van der Waals surface area contributed by atoms with Crippen LogP contribution in [-0.2, 0) is 19.1 Å². The molecule has 2 aromatic rings. The van der Waals surface area contributed by atoms with Gasteiger partial charge in [0.15, 0.2) is 34.5 Å². The normalized spacial score (nSPS) is 11.0. The summed E-state index contributed by atoms with van der Waals surface area (Å²) >= 11 is 0. The van der Waals surface area contributed by atoms with E-state index >= 15 is 0 Å². The molecule has 15 nitrogen and oxygen atoms in total. The topological polar surface area (TPSA) is 277 Å². The quantitative estimate of drug-likeness (QED) is 0.00980. The first-order chi connectivity index (χ1) is 40.0. The Bertz CT molecular complexity index is 1810. The summed E-state index contributed by atoms with van der Waals surface area (Å²) in [5, 5.41) is 81.0. The number of rotatable bonds is 47. The Labute approximate surface area is 499 Å². The van der Waals surface area contributed by atoms with Gasteiger partial charge in [0, 0.05) is 19.3 Å². The van der Waals surface area contributed by atoms with E-state index in [1.54, 1.807) is 0 Å². The lowest BCUT2D eigenvalue weighted by molar-refractivity contribution is -0.138. The van der Waals surface area contributed by atoms with Crippen LogP contribution in [0.1, 0.15) is 311 Å². The minimum absolute atomic E-state index is 0.332. The van der Waals surface area contributed by atoms with E-state index in [4.69, 9.17) is 25.5 Å². The van der Waals surface area contributed by atoms with Crippen molar-refractivity contribution in [2.45, 2.75) is 290 Å². The average molecular weight is 1170 g/mol. The van der Waals surface area contributed by atoms with Crippen molar-refractivity contribution in [3.8, 4) is 34.5 Å². The second-order valence-corrected chi connectivity index (χ2v) is 21.6. The van der Waals surface area contributed by atoms with E-state index in [9.17, 15) is 44.4 Å². The lowest BCUT2D eigenvalue weighted by Crippen LogP contribution is -2.12. The van der Waals surface area contributed by atoms with Gasteiger partial charge in [-0.1, -0.05) is 211 Å². The van der Waals surface area contributed by atoms with Gasteiger partial charge in [-0.05, 0) is 121 Å². The number of aliphatic carboxylic acids is 3. The number of hydrogen-bond donors (Lipinski definition) is 9. The molecule has 0 atom stereocenters. The largest absolute Gasteiger partial charge is 0.504 e. The third kappa shape index (κ3) is 52.6. The number of hydrogen-bond acceptors (Lipinski definition) is 12. The fraction of sp³-hybridized carbons (Fsp3) is 0.662. The number of carbonyl (C=O) groups excluding carboxylic acids is 2. The van der Waals surface area contributed by atoms with Gasteiger partial charge in [-0.3, -0.25) is 14.4 Å². The lowest BCUT2D eigenvalue weighted by atomic mass is 10.1. The molecule has 0 bridgehead atoms. The highest BCUT2D eigenvalue weighted by molar-refractivity contribution is 6.03. The molecule has 0 saturated carbocycles. The summed E-state index contributed by atoms with van der Waals surface area (Å²) in [6.45, 7) is 6.78. The van der Waals surface area contributed by atoms with Crippen LogP contribution in [0.15, 0.2) is 60.7 Å². The molecule has 0 amide bonds. The Balaban J connectivity index is 0. The molecule has 0 aromatic heterocycles. The molecule has 0 fully saturated rings. The summed E-state index contributed by atoms with van der Waals surface area (Å²) in [4.78, 5) is 54.5. The smallest absolute Gasteiger partial charge is 0.346 e. The molecule has 0 aliphatic carbocycles. The molecule has 0 heterocycles. The molecule has 2 aromatic carbocycles. The van der Waals surface area contributed by atoms with Gasteiger partial charge in [0.2, 0.25) is 0 Å². The van der Waals surface area contributed by atoms with E-state index in [2.05, 4.69) is 62.0 Å². The number of carboxylic acid groups (broad SMARTS) is 3. The third-order valence-corrected chi connectivity index (χ3v) is 13.8. The van der Waals surface area contributed by atoms with E-state index in [0.717, 1.165) is 62.8 Å². The molecule has 474 valence electrons. The Hall–Kier alpha value is -5.99. The second kappa shape index (κ2) is 57.8. The molecule has 0 radical (unpaired) electrons. The highest BCUT2D eigenvalue weighted by Gasteiger charge is 2.21. The molecular formula is C68H112O15. The standard InChI is InChI=1S/3C18H34O2.C14H10O9/c3*1-2-3-4-5-6-7-8-9-10-11-12-13-14-15-16-17-18(19)20;15-7-1-5(2-8(16)11(7)19)13(21)23-14(22)6-3-9(17)12(20)10(18)4-6/h3*9-10H,2-8,11-17H2,1H3,(H,19,20);1-4,15-20H/b3*10-9-;. The van der Waals surface area contributed by atoms with Gasteiger partial charge in [0.1, 0.15) is 0 Å². The molecular weight excluding hydrogens is 1060 g/mol. The zero-order chi connectivity index (χ0) is 62.0. The molecule has 2 rings (SSSR count). The van der Waals surface area contributed by atoms with Crippen molar-refractivity contribution < 1.29 is 74.7 Å². The van der Waals surface area contributed by atoms with Gasteiger partial charge in [0.25, 0.3) is 0 Å². The van der Waals surface area contributed by atoms with E-state index in [1.807, 2.05) is 0 Å². The van der Waals surface area contributed by atoms with Crippen LogP contribution in [0.5, 0.6) is 34.5 Å². The summed E-state index contributed by atoms with van der Waals surface area (Å²) in [5.74, 6) is -9.43. The SMILES string of the molecule is CCCCCCCC/C=C\CCCCCCCC(=O)O.CCCCCCCC/C=C\CCCCCCCC(=O)O.CCCCCCCC/C=C\CCCCCCCC(=O)O.O=C(OC(=O)c1cc(O)c(O)c(O)c1)c1cc(O)c(O)c(O)c1. The molecule has 0 aliphatic rings. The van der Waals surface area contributed by atoms with Crippen molar-refractivity contribution in [1.82, 2.24) is 0 Å². The first kappa shape index (κ1) is 79.1. The van der Waals surface area contributed by atoms with Crippen LogP contribution in [0.2, 0.25) is 0 Å². The maximum atomic E-state index is 11.8. The molecule has 15 heteroatoms. The number of carbonyl (C=O) groups is 5. The molecule has 0 saturated heterocycles. The summed E-state index contributed by atoms with van der Waals surface area (Å²) in [6, 6.07) is 3.04. The van der Waals surface area contributed by atoms with Crippen LogP contribution >= 0.6 is 0 Å². The van der Waals surface area contributed by atoms with Gasteiger partial charge < -0.3 is 50.7 Å². The fourth-order valence-electron chi connectivity index (χ4n) is 8.69. The maximum absolute atomic E-state index is 11.8.